The van der Waals surface area contributed by atoms with Gasteiger partial charge in [0.2, 0.25) is 23.5 Å². The zero-order chi connectivity index (χ0) is 71.5. The normalized spacial score (nSPS) is 25.4. The molecule has 4 aliphatic heterocycles. The number of hydrogen-bond acceptors (Lipinski definition) is 26. The van der Waals surface area contributed by atoms with Crippen LogP contribution in [-0.4, -0.2) is 229 Å². The van der Waals surface area contributed by atoms with E-state index in [1.807, 2.05) is 29.6 Å². The fourth-order valence-electron chi connectivity index (χ4n) is 14.0. The van der Waals surface area contributed by atoms with Crippen molar-refractivity contribution in [2.75, 3.05) is 86.8 Å². The molecule has 3 aromatic carbocycles. The van der Waals surface area contributed by atoms with Crippen LogP contribution in [0.2, 0.25) is 0 Å². The largest absolute Gasteiger partial charge is 0.507 e. The Morgan fingerprint density at radius 1 is 0.782 bits per heavy atom. The summed E-state index contributed by atoms with van der Waals surface area (Å²) in [5, 5.41) is 45.6. The number of hydrazine groups is 1. The lowest BCUT2D eigenvalue weighted by Gasteiger charge is -2.43. The van der Waals surface area contributed by atoms with Crippen LogP contribution < -0.4 is 37.3 Å². The van der Waals surface area contributed by atoms with Gasteiger partial charge in [0, 0.05) is 96.2 Å². The van der Waals surface area contributed by atoms with Crippen LogP contribution in [0.1, 0.15) is 155 Å². The number of hydrogen-bond donors (Lipinski definition) is 9. The summed E-state index contributed by atoms with van der Waals surface area (Å²) in [6, 6.07) is 6.43. The van der Waals surface area contributed by atoms with Crippen LogP contribution >= 0.6 is 23.5 Å². The minimum atomic E-state index is -2.60. The number of carbonyl (C=O) groups is 8. The molecular formula is C69H89N9O21S2. The summed E-state index contributed by atoms with van der Waals surface area (Å²) in [5.74, 6) is -6.70. The van der Waals surface area contributed by atoms with Crippen molar-refractivity contribution in [1.82, 2.24) is 41.7 Å². The van der Waals surface area contributed by atoms with Crippen molar-refractivity contribution >= 4 is 81.6 Å². The Morgan fingerprint density at radius 3 is 2.13 bits per heavy atom. The molecule has 3 aliphatic carbocycles. The average Bonchev–Trinajstić information content (AvgIpc) is 1.32. The molecule has 3 saturated heterocycles. The molecule has 7 aliphatic rings. The number of benzene rings is 3. The summed E-state index contributed by atoms with van der Waals surface area (Å²) < 4.78 is 58.2. The number of ketones is 2. The second-order valence-corrected chi connectivity index (χ2v) is 28.4. The highest BCUT2D eigenvalue weighted by Gasteiger charge is 2.56. The van der Waals surface area contributed by atoms with Crippen molar-refractivity contribution < 1.29 is 101 Å². The van der Waals surface area contributed by atoms with Gasteiger partial charge in [-0.05, 0) is 51.0 Å². The number of nitrogens with zero attached hydrogens (tertiary/aromatic N) is 3. The molecule has 5 heterocycles. The zero-order valence-electron chi connectivity index (χ0n) is 56.9. The first-order valence-electron chi connectivity index (χ1n) is 34.3. The standard InChI is InChI=1S/C69H89N9O21S2/c1-36(63(85)76-77-68(88)69(89)32-40-55(61(84)57-56(59(40)82)58(81)39-11-10-12-47(90-3)54(39)60(57)83)48(33-69)98-53-31-46-62(37(2)97-53)99-66-67(91-4)96-22-19-78(46)66)72-65(87)43(30-51(70)79)75-52(80)17-20-92-23-25-94-27-28-95-26-24-93-21-18-71-64(86)38-15-16-41-42(29-38)74-45-35-101-50-14-9-7-5-6-8-13-49(50)100-34-44(45)73-41/h10-12,15-16,29,36-37,43,46,48-50,53,62,66-67,82,84,89H,5-9,13-14,17-28,30-35H2,1-4H3,(H2,70,79)(H,71,86)(H,72,87)(H,75,80)(H,76,85)(H,77,88)/t36-,37-,43-,46-,48-,49?,50?,53-,62+,66+,67-,69-/m0/s1. The number of phenols is 2. The molecule has 101 heavy (non-hydrogen) atoms. The third-order valence-electron chi connectivity index (χ3n) is 19.2. The van der Waals surface area contributed by atoms with E-state index in [0.717, 1.165) is 28.4 Å². The molecule has 4 fully saturated rings. The first-order valence-corrected chi connectivity index (χ1v) is 36.4. The number of aromatic nitrogens is 2. The van der Waals surface area contributed by atoms with Gasteiger partial charge in [-0.15, -0.1) is 0 Å². The number of ether oxygens (including phenoxy) is 10. The SMILES string of the molecule is COc1cccc2c1C(=O)c1c(O)c3c(c(O)c1C2=O)C[C@@](O)(C(=O)NNC(=O)[C@H](C)NC(=O)[C@H](CC(N)=O)NC(=O)CCOCCOCCOCCOCCNC(=O)c1ccc2nc4c(nc2c1)CSC1CCCCCCCC1SC4)C[C@@H]3O[C@H]1C[C@H]2[C@H](O[C@@H]3[C@@H](OC)OCCN32)[C@H](C)O1. The summed E-state index contributed by atoms with van der Waals surface area (Å²) in [5.41, 5.74) is 9.23. The lowest BCUT2D eigenvalue weighted by atomic mass is 9.72. The molecule has 1 aromatic heterocycles. The summed E-state index contributed by atoms with van der Waals surface area (Å²) in [6.07, 6.45) is 1.88. The van der Waals surface area contributed by atoms with Crippen molar-refractivity contribution in [3.8, 4) is 17.2 Å². The first-order chi connectivity index (χ1) is 48.7. The lowest BCUT2D eigenvalue weighted by Crippen LogP contribution is -2.60. The highest BCUT2D eigenvalue weighted by Crippen LogP contribution is 2.53. The van der Waals surface area contributed by atoms with Crippen LogP contribution in [0.25, 0.3) is 11.0 Å². The molecule has 30 nitrogen and oxygen atoms in total. The van der Waals surface area contributed by atoms with E-state index in [1.165, 1.54) is 84.3 Å². The molecule has 10 N–H and O–H groups in total. The Hall–Kier alpha value is -7.18. The van der Waals surface area contributed by atoms with Gasteiger partial charge in [0.05, 0.1) is 124 Å². The summed E-state index contributed by atoms with van der Waals surface area (Å²) in [6.45, 7) is 5.72. The number of nitrogens with two attached hydrogens (primary N) is 1. The van der Waals surface area contributed by atoms with Crippen LogP contribution in [0.3, 0.4) is 0 Å². The maximum absolute atomic E-state index is 14.3. The van der Waals surface area contributed by atoms with Gasteiger partial charge in [-0.2, -0.15) is 23.5 Å². The maximum atomic E-state index is 14.3. The zero-order valence-corrected chi connectivity index (χ0v) is 58.6. The second-order valence-electron chi connectivity index (χ2n) is 26.0. The fourth-order valence-corrected chi connectivity index (χ4v) is 17.1. The highest BCUT2D eigenvalue weighted by atomic mass is 32.2. The van der Waals surface area contributed by atoms with Gasteiger partial charge in [0.1, 0.15) is 35.4 Å². The molecule has 4 aromatic rings. The molecule has 0 spiro atoms. The molecule has 0 radical (unpaired) electrons. The summed E-state index contributed by atoms with van der Waals surface area (Å²) >= 11 is 4.05. The van der Waals surface area contributed by atoms with Gasteiger partial charge < -0.3 is 84.4 Å². The van der Waals surface area contributed by atoms with E-state index in [9.17, 15) is 53.7 Å². The van der Waals surface area contributed by atoms with E-state index in [0.29, 0.717) is 54.5 Å². The minimum absolute atomic E-state index is 0.0335. The predicted octanol–water partition coefficient (Wildman–Crippen LogP) is 2.95. The highest BCUT2D eigenvalue weighted by molar-refractivity contribution is 8.03. The molecule has 12 atom stereocenters. The Labute approximate surface area is 591 Å². The van der Waals surface area contributed by atoms with Gasteiger partial charge >= 0.3 is 0 Å². The van der Waals surface area contributed by atoms with Crippen LogP contribution in [0.15, 0.2) is 36.4 Å². The Morgan fingerprint density at radius 2 is 1.45 bits per heavy atom. The molecule has 11 rings (SSSR count). The number of thioether (sulfide) groups is 2. The van der Waals surface area contributed by atoms with E-state index in [-0.39, 0.29) is 92.4 Å². The Kier molecular flexibility index (Phi) is 25.5. The maximum Gasteiger partial charge on any atom is 0.270 e. The van der Waals surface area contributed by atoms with E-state index >= 15 is 0 Å². The van der Waals surface area contributed by atoms with E-state index in [4.69, 9.17) is 63.1 Å². The molecular weight excluding hydrogens is 1350 g/mol. The summed E-state index contributed by atoms with van der Waals surface area (Å²) in [4.78, 5) is 120. The van der Waals surface area contributed by atoms with Gasteiger partial charge in [-0.3, -0.25) is 54.1 Å². The van der Waals surface area contributed by atoms with Crippen LogP contribution in [0.4, 0.5) is 0 Å². The van der Waals surface area contributed by atoms with Gasteiger partial charge in [-0.25, -0.2) is 9.97 Å². The van der Waals surface area contributed by atoms with E-state index in [2.05, 4.69) is 31.7 Å². The number of fused-ring (bicyclic) bond motifs is 9. The third-order valence-corrected chi connectivity index (χ3v) is 22.2. The predicted molar refractivity (Wildman–Crippen MR) is 363 cm³/mol. The minimum Gasteiger partial charge on any atom is -0.507 e. The van der Waals surface area contributed by atoms with Crippen molar-refractivity contribution in [2.45, 2.75) is 174 Å². The van der Waals surface area contributed by atoms with E-state index < -0.39 is 138 Å². The number of rotatable bonds is 27. The lowest BCUT2D eigenvalue weighted by molar-refractivity contribution is -0.256. The van der Waals surface area contributed by atoms with Crippen molar-refractivity contribution in [3.63, 3.8) is 0 Å². The topological polar surface area (TPSA) is 405 Å². The number of primary amides is 1. The number of carbonyl (C=O) groups excluding carboxylic acids is 8. The van der Waals surface area contributed by atoms with Gasteiger partial charge in [0.15, 0.2) is 30.2 Å². The number of morpholine rings is 1. The van der Waals surface area contributed by atoms with Gasteiger partial charge in [0.25, 0.3) is 17.7 Å². The molecule has 548 valence electrons. The van der Waals surface area contributed by atoms with Crippen molar-refractivity contribution in [3.05, 3.63) is 86.7 Å². The third kappa shape index (κ3) is 17.6. The van der Waals surface area contributed by atoms with Gasteiger partial charge in [-0.1, -0.05) is 44.2 Å². The van der Waals surface area contributed by atoms with Crippen LogP contribution in [0, 0.1) is 0 Å². The number of aliphatic hydroxyl groups is 1. The smallest absolute Gasteiger partial charge is 0.270 e. The first kappa shape index (κ1) is 75.0. The number of amides is 6. The van der Waals surface area contributed by atoms with Crippen molar-refractivity contribution in [1.29, 1.82) is 0 Å². The quantitative estimate of drug-likeness (QED) is 0.0207. The number of methoxy groups -OCH3 is 2. The van der Waals surface area contributed by atoms with Crippen LogP contribution in [-0.2, 0) is 84.5 Å². The molecule has 1 saturated carbocycles. The van der Waals surface area contributed by atoms with E-state index in [1.54, 1.807) is 19.1 Å². The Balaban J connectivity index is 0.591. The molecule has 0 bridgehead atoms. The number of nitrogens with one attached hydrogen (secondary N) is 5. The fraction of sp³-hybridized carbons (Fsp3) is 0.594. The molecule has 32 heteroatoms. The Bertz CT molecular complexity index is 3720. The van der Waals surface area contributed by atoms with Crippen molar-refractivity contribution in [2.24, 2.45) is 5.73 Å². The average molecular weight is 1440 g/mol. The molecule has 2 unspecified atom stereocenters. The number of aromatic hydroxyl groups is 2. The monoisotopic (exact) mass is 1440 g/mol. The number of phenolic OH excluding ortho intramolecular Hbond substituents is 2. The molecule has 6 amide bonds. The van der Waals surface area contributed by atoms with Crippen LogP contribution in [0.5, 0.6) is 17.2 Å². The second kappa shape index (κ2) is 34.4. The summed E-state index contributed by atoms with van der Waals surface area (Å²) in [7, 11) is 2.80.